The van der Waals surface area contributed by atoms with Crippen LogP contribution >= 0.6 is 0 Å². The lowest BCUT2D eigenvalue weighted by molar-refractivity contribution is -0.137. The fourth-order valence-electron chi connectivity index (χ4n) is 1.75. The van der Waals surface area contributed by atoms with Gasteiger partial charge in [-0.2, -0.15) is 0 Å². The normalized spacial score (nSPS) is 22.1. The van der Waals surface area contributed by atoms with Crippen LogP contribution in [0.3, 0.4) is 0 Å². The molecule has 1 aliphatic carbocycles. The summed E-state index contributed by atoms with van der Waals surface area (Å²) in [7, 11) is 0. The molecule has 0 radical (unpaired) electrons. The van der Waals surface area contributed by atoms with Crippen molar-refractivity contribution in [2.45, 2.75) is 40.0 Å². The van der Waals surface area contributed by atoms with Gasteiger partial charge in [0, 0.05) is 13.3 Å². The lowest BCUT2D eigenvalue weighted by Gasteiger charge is -2.25. The number of hydrogen-bond donors (Lipinski definition) is 0. The number of hydrogen-bond acceptors (Lipinski definition) is 2. The molecule has 0 spiro atoms. The van der Waals surface area contributed by atoms with Crippen molar-refractivity contribution in [3.05, 3.63) is 23.5 Å². The van der Waals surface area contributed by atoms with Gasteiger partial charge in [0.05, 0.1) is 0 Å². The van der Waals surface area contributed by atoms with Crippen LogP contribution in [0.1, 0.15) is 40.0 Å². The summed E-state index contributed by atoms with van der Waals surface area (Å²) in [6.07, 6.45) is 2.98. The van der Waals surface area contributed by atoms with E-state index in [-0.39, 0.29) is 5.97 Å². The molecule has 0 heterocycles. The van der Waals surface area contributed by atoms with Crippen molar-refractivity contribution < 1.29 is 9.53 Å². The minimum atomic E-state index is -0.221. The molecule has 0 aromatic heterocycles. The first-order valence-corrected chi connectivity index (χ1v) is 5.03. The Bertz CT molecular complexity index is 287. The van der Waals surface area contributed by atoms with Crippen LogP contribution in [0, 0.1) is 5.92 Å². The fraction of sp³-hybridized carbons (Fsp3) is 0.583. The summed E-state index contributed by atoms with van der Waals surface area (Å²) >= 11 is 0. The van der Waals surface area contributed by atoms with Crippen LogP contribution in [0.4, 0.5) is 0 Å². The third kappa shape index (κ3) is 2.72. The maximum absolute atomic E-state index is 10.9. The SMILES string of the molecule is C=C(C)[C@@H]1CCC(C)=C(OC(C)=O)C1. The molecule has 78 valence electrons. The molecule has 0 aromatic rings. The van der Waals surface area contributed by atoms with Gasteiger partial charge in [0.15, 0.2) is 0 Å². The van der Waals surface area contributed by atoms with Gasteiger partial charge in [-0.15, -0.1) is 0 Å². The van der Waals surface area contributed by atoms with E-state index in [9.17, 15) is 4.79 Å². The smallest absolute Gasteiger partial charge is 0.307 e. The van der Waals surface area contributed by atoms with Gasteiger partial charge < -0.3 is 4.74 Å². The van der Waals surface area contributed by atoms with Crippen molar-refractivity contribution in [3.8, 4) is 0 Å². The molecule has 1 atom stereocenters. The lowest BCUT2D eigenvalue weighted by Crippen LogP contribution is -2.13. The molecule has 1 rings (SSSR count). The molecule has 14 heavy (non-hydrogen) atoms. The van der Waals surface area contributed by atoms with Gasteiger partial charge in [-0.1, -0.05) is 12.2 Å². The minimum absolute atomic E-state index is 0.221. The van der Waals surface area contributed by atoms with E-state index in [1.807, 2.05) is 13.8 Å². The predicted molar refractivity (Wildman–Crippen MR) is 56.6 cm³/mol. The topological polar surface area (TPSA) is 26.3 Å². The first kappa shape index (κ1) is 11.0. The summed E-state index contributed by atoms with van der Waals surface area (Å²) in [6, 6.07) is 0. The zero-order chi connectivity index (χ0) is 10.7. The third-order valence-electron chi connectivity index (χ3n) is 2.74. The van der Waals surface area contributed by atoms with Crippen molar-refractivity contribution in [1.82, 2.24) is 0 Å². The summed E-state index contributed by atoms with van der Waals surface area (Å²) < 4.78 is 5.18. The Hall–Kier alpha value is -1.05. The minimum Gasteiger partial charge on any atom is -0.431 e. The van der Waals surface area contributed by atoms with E-state index in [0.29, 0.717) is 5.92 Å². The highest BCUT2D eigenvalue weighted by Crippen LogP contribution is 2.33. The lowest BCUT2D eigenvalue weighted by atomic mass is 9.85. The number of carbonyl (C=O) groups is 1. The second kappa shape index (κ2) is 4.45. The summed E-state index contributed by atoms with van der Waals surface area (Å²) in [5.74, 6) is 1.12. The van der Waals surface area contributed by atoms with Crippen LogP contribution in [0.5, 0.6) is 0 Å². The Balaban J connectivity index is 2.71. The molecule has 0 saturated carbocycles. The average Bonchev–Trinajstić information content (AvgIpc) is 2.07. The number of ether oxygens (including phenoxy) is 1. The van der Waals surface area contributed by atoms with Gasteiger partial charge in [-0.05, 0) is 38.2 Å². The largest absolute Gasteiger partial charge is 0.431 e. The highest BCUT2D eigenvalue weighted by molar-refractivity contribution is 5.67. The van der Waals surface area contributed by atoms with Gasteiger partial charge in [0.1, 0.15) is 5.76 Å². The van der Waals surface area contributed by atoms with Crippen molar-refractivity contribution in [1.29, 1.82) is 0 Å². The van der Waals surface area contributed by atoms with E-state index in [2.05, 4.69) is 6.58 Å². The Morgan fingerprint density at radius 1 is 1.50 bits per heavy atom. The van der Waals surface area contributed by atoms with Gasteiger partial charge in [0.25, 0.3) is 0 Å². The molecule has 0 bridgehead atoms. The van der Waals surface area contributed by atoms with Crippen LogP contribution < -0.4 is 0 Å². The van der Waals surface area contributed by atoms with E-state index in [1.54, 1.807) is 0 Å². The highest BCUT2D eigenvalue weighted by Gasteiger charge is 2.21. The molecule has 0 aliphatic heterocycles. The van der Waals surface area contributed by atoms with E-state index in [1.165, 1.54) is 18.1 Å². The average molecular weight is 194 g/mol. The Morgan fingerprint density at radius 3 is 2.64 bits per heavy atom. The number of esters is 1. The van der Waals surface area contributed by atoms with Crippen LogP contribution in [-0.4, -0.2) is 5.97 Å². The molecule has 2 heteroatoms. The van der Waals surface area contributed by atoms with Crippen LogP contribution in [0.2, 0.25) is 0 Å². The van der Waals surface area contributed by atoms with Gasteiger partial charge in [-0.25, -0.2) is 0 Å². The third-order valence-corrected chi connectivity index (χ3v) is 2.74. The Morgan fingerprint density at radius 2 is 2.14 bits per heavy atom. The molecule has 0 saturated heterocycles. The zero-order valence-corrected chi connectivity index (χ0v) is 9.22. The standard InChI is InChI=1S/C12H18O2/c1-8(2)11-6-5-9(3)12(7-11)14-10(4)13/h11H,1,5-7H2,2-4H3/t11-/m1/s1. The van der Waals surface area contributed by atoms with E-state index < -0.39 is 0 Å². The molecule has 0 amide bonds. The molecule has 0 fully saturated rings. The summed E-state index contributed by atoms with van der Waals surface area (Å²) in [5.41, 5.74) is 2.39. The molecular formula is C12H18O2. The second-order valence-corrected chi connectivity index (χ2v) is 4.08. The molecule has 0 unspecified atom stereocenters. The van der Waals surface area contributed by atoms with Crippen molar-refractivity contribution in [2.75, 3.05) is 0 Å². The quantitative estimate of drug-likeness (QED) is 0.498. The molecule has 0 N–H and O–H groups in total. The molecule has 2 nitrogen and oxygen atoms in total. The highest BCUT2D eigenvalue weighted by atomic mass is 16.5. The maximum atomic E-state index is 10.9. The number of carbonyl (C=O) groups excluding carboxylic acids is 1. The Kier molecular flexibility index (Phi) is 3.50. The number of rotatable bonds is 2. The fourth-order valence-corrected chi connectivity index (χ4v) is 1.75. The zero-order valence-electron chi connectivity index (χ0n) is 9.22. The number of allylic oxidation sites excluding steroid dienone is 3. The van der Waals surface area contributed by atoms with Gasteiger partial charge in [0.2, 0.25) is 0 Å². The van der Waals surface area contributed by atoms with E-state index in [4.69, 9.17) is 4.74 Å². The summed E-state index contributed by atoms with van der Waals surface area (Å²) in [5, 5.41) is 0. The summed E-state index contributed by atoms with van der Waals surface area (Å²) in [4.78, 5) is 10.9. The van der Waals surface area contributed by atoms with E-state index in [0.717, 1.165) is 25.0 Å². The first-order valence-electron chi connectivity index (χ1n) is 5.03. The monoisotopic (exact) mass is 194 g/mol. The summed E-state index contributed by atoms with van der Waals surface area (Å²) in [6.45, 7) is 9.48. The molecular weight excluding hydrogens is 176 g/mol. The van der Waals surface area contributed by atoms with Crippen LogP contribution in [-0.2, 0) is 9.53 Å². The van der Waals surface area contributed by atoms with Crippen molar-refractivity contribution in [3.63, 3.8) is 0 Å². The first-order chi connectivity index (χ1) is 6.50. The van der Waals surface area contributed by atoms with Crippen LogP contribution in [0.25, 0.3) is 0 Å². The second-order valence-electron chi connectivity index (χ2n) is 4.08. The molecule has 0 aromatic carbocycles. The van der Waals surface area contributed by atoms with Gasteiger partial charge in [-0.3, -0.25) is 4.79 Å². The van der Waals surface area contributed by atoms with Crippen LogP contribution in [0.15, 0.2) is 23.5 Å². The van der Waals surface area contributed by atoms with Crippen molar-refractivity contribution in [2.24, 2.45) is 5.92 Å². The maximum Gasteiger partial charge on any atom is 0.307 e. The Labute approximate surface area is 85.6 Å². The van der Waals surface area contributed by atoms with Gasteiger partial charge >= 0.3 is 5.97 Å². The van der Waals surface area contributed by atoms with E-state index >= 15 is 0 Å². The molecule has 1 aliphatic rings. The predicted octanol–water partition coefficient (Wildman–Crippen LogP) is 3.20. The van der Waals surface area contributed by atoms with Crippen molar-refractivity contribution >= 4 is 5.97 Å².